The van der Waals surface area contributed by atoms with Crippen LogP contribution in [0.5, 0.6) is 0 Å². The maximum absolute atomic E-state index is 13.1. The first kappa shape index (κ1) is 21.1. The van der Waals surface area contributed by atoms with Crippen LogP contribution in [-0.2, 0) is 4.79 Å². The van der Waals surface area contributed by atoms with E-state index in [1.54, 1.807) is 11.8 Å². The third kappa shape index (κ3) is 3.80. The number of nitrogens with one attached hydrogen (secondary N) is 2. The van der Waals surface area contributed by atoms with Crippen molar-refractivity contribution in [3.63, 3.8) is 0 Å². The smallest absolute Gasteiger partial charge is 0.325 e. The average Bonchev–Trinajstić information content (AvgIpc) is 3.27. The number of aromatic amines is 1. The molecule has 1 atom stereocenters. The van der Waals surface area contributed by atoms with E-state index in [1.165, 1.54) is 4.90 Å². The van der Waals surface area contributed by atoms with E-state index >= 15 is 0 Å². The Bertz CT molecular complexity index is 822. The normalized spacial score (nSPS) is 23.1. The van der Waals surface area contributed by atoms with Crippen molar-refractivity contribution >= 4 is 17.8 Å². The maximum atomic E-state index is 13.1. The predicted octanol–water partition coefficient (Wildman–Crippen LogP) is 2.66. The van der Waals surface area contributed by atoms with Gasteiger partial charge in [0.25, 0.3) is 11.8 Å². The monoisotopic (exact) mass is 401 g/mol. The second-order valence-corrected chi connectivity index (χ2v) is 8.53. The number of aromatic nitrogens is 2. The molecule has 0 saturated carbocycles. The molecule has 2 aliphatic rings. The van der Waals surface area contributed by atoms with Gasteiger partial charge in [0.1, 0.15) is 11.2 Å². The minimum Gasteiger partial charge on any atom is -0.337 e. The SMILES string of the molecule is C=C(C)CN1C(=O)NC(CC)(C2CCN(C(=O)c3cc(C(C)C)[nH]n3)CC2)C1=O. The van der Waals surface area contributed by atoms with Gasteiger partial charge in [0.2, 0.25) is 0 Å². The lowest BCUT2D eigenvalue weighted by molar-refractivity contribution is -0.133. The summed E-state index contributed by atoms with van der Waals surface area (Å²) in [7, 11) is 0. The summed E-state index contributed by atoms with van der Waals surface area (Å²) in [6, 6.07) is 1.46. The van der Waals surface area contributed by atoms with E-state index in [2.05, 4.69) is 22.1 Å². The Morgan fingerprint density at radius 1 is 1.34 bits per heavy atom. The van der Waals surface area contributed by atoms with Gasteiger partial charge in [-0.05, 0) is 44.1 Å². The number of urea groups is 1. The van der Waals surface area contributed by atoms with Crippen LogP contribution < -0.4 is 5.32 Å². The molecule has 0 aliphatic carbocycles. The fraction of sp³-hybridized carbons (Fsp3) is 0.619. The molecule has 8 nitrogen and oxygen atoms in total. The van der Waals surface area contributed by atoms with Gasteiger partial charge in [-0.1, -0.05) is 32.9 Å². The zero-order valence-electron chi connectivity index (χ0n) is 17.7. The van der Waals surface area contributed by atoms with Gasteiger partial charge < -0.3 is 10.2 Å². The number of imide groups is 1. The van der Waals surface area contributed by atoms with E-state index in [4.69, 9.17) is 0 Å². The average molecular weight is 402 g/mol. The molecule has 158 valence electrons. The van der Waals surface area contributed by atoms with Gasteiger partial charge in [-0.3, -0.25) is 19.6 Å². The number of amides is 4. The number of carbonyl (C=O) groups excluding carboxylic acids is 3. The zero-order chi connectivity index (χ0) is 21.3. The Balaban J connectivity index is 1.68. The molecule has 8 heteroatoms. The van der Waals surface area contributed by atoms with E-state index in [-0.39, 0.29) is 36.2 Å². The molecule has 3 heterocycles. The minimum absolute atomic E-state index is 0.00599. The molecule has 2 aliphatic heterocycles. The van der Waals surface area contributed by atoms with E-state index in [0.29, 0.717) is 38.0 Å². The highest BCUT2D eigenvalue weighted by molar-refractivity contribution is 6.07. The Hall–Kier alpha value is -2.64. The topological polar surface area (TPSA) is 98.4 Å². The summed E-state index contributed by atoms with van der Waals surface area (Å²) in [5, 5.41) is 10.0. The van der Waals surface area contributed by atoms with Crippen LogP contribution in [0.25, 0.3) is 0 Å². The van der Waals surface area contributed by atoms with Crippen LogP contribution in [0.4, 0.5) is 4.79 Å². The predicted molar refractivity (Wildman–Crippen MR) is 109 cm³/mol. The molecule has 0 aromatic carbocycles. The van der Waals surface area contributed by atoms with Crippen LogP contribution >= 0.6 is 0 Å². The van der Waals surface area contributed by atoms with Crippen molar-refractivity contribution < 1.29 is 14.4 Å². The first-order valence-electron chi connectivity index (χ1n) is 10.3. The van der Waals surface area contributed by atoms with Crippen molar-refractivity contribution in [1.29, 1.82) is 0 Å². The summed E-state index contributed by atoms with van der Waals surface area (Å²) < 4.78 is 0. The Labute approximate surface area is 171 Å². The lowest BCUT2D eigenvalue weighted by Gasteiger charge is -2.40. The molecule has 29 heavy (non-hydrogen) atoms. The number of likely N-dealkylation sites (tertiary alicyclic amines) is 1. The van der Waals surface area contributed by atoms with Crippen LogP contribution in [0.3, 0.4) is 0 Å². The van der Waals surface area contributed by atoms with Crippen molar-refractivity contribution in [3.8, 4) is 0 Å². The minimum atomic E-state index is -0.890. The molecule has 0 bridgehead atoms. The van der Waals surface area contributed by atoms with Crippen molar-refractivity contribution in [2.24, 2.45) is 5.92 Å². The van der Waals surface area contributed by atoms with Crippen molar-refractivity contribution in [2.45, 2.75) is 58.4 Å². The molecule has 4 amide bonds. The Morgan fingerprint density at radius 3 is 2.52 bits per heavy atom. The number of rotatable bonds is 6. The van der Waals surface area contributed by atoms with Crippen LogP contribution in [0.2, 0.25) is 0 Å². The summed E-state index contributed by atoms with van der Waals surface area (Å²) in [5.41, 5.74) is 1.24. The summed E-state index contributed by atoms with van der Waals surface area (Å²) in [4.78, 5) is 41.4. The highest BCUT2D eigenvalue weighted by Gasteiger charge is 2.54. The fourth-order valence-electron chi connectivity index (χ4n) is 4.34. The second-order valence-electron chi connectivity index (χ2n) is 8.53. The second kappa shape index (κ2) is 8.00. The molecular weight excluding hydrogens is 370 g/mol. The third-order valence-electron chi connectivity index (χ3n) is 6.11. The van der Waals surface area contributed by atoms with E-state index in [1.807, 2.05) is 26.8 Å². The molecule has 2 fully saturated rings. The van der Waals surface area contributed by atoms with Crippen LogP contribution in [0, 0.1) is 5.92 Å². The summed E-state index contributed by atoms with van der Waals surface area (Å²) in [6.45, 7) is 13.0. The van der Waals surface area contributed by atoms with Crippen LogP contribution in [-0.4, -0.2) is 63.0 Å². The van der Waals surface area contributed by atoms with Gasteiger partial charge in [0, 0.05) is 18.8 Å². The molecule has 1 unspecified atom stereocenters. The van der Waals surface area contributed by atoms with E-state index in [9.17, 15) is 14.4 Å². The summed E-state index contributed by atoms with van der Waals surface area (Å²) >= 11 is 0. The number of nitrogens with zero attached hydrogens (tertiary/aromatic N) is 3. The van der Waals surface area contributed by atoms with Gasteiger partial charge >= 0.3 is 6.03 Å². The lowest BCUT2D eigenvalue weighted by Crippen LogP contribution is -2.56. The Kier molecular flexibility index (Phi) is 5.82. The molecule has 2 saturated heterocycles. The van der Waals surface area contributed by atoms with E-state index in [0.717, 1.165) is 11.3 Å². The quantitative estimate of drug-likeness (QED) is 0.565. The zero-order valence-corrected chi connectivity index (χ0v) is 17.7. The van der Waals surface area contributed by atoms with Gasteiger partial charge in [0.05, 0.1) is 6.54 Å². The first-order valence-corrected chi connectivity index (χ1v) is 10.3. The fourth-order valence-corrected chi connectivity index (χ4v) is 4.34. The molecule has 2 N–H and O–H groups in total. The molecule has 1 aromatic rings. The number of hydrogen-bond donors (Lipinski definition) is 2. The molecule has 1 aromatic heterocycles. The van der Waals surface area contributed by atoms with Gasteiger partial charge in [-0.15, -0.1) is 0 Å². The van der Waals surface area contributed by atoms with Gasteiger partial charge in [-0.25, -0.2) is 4.79 Å². The first-order chi connectivity index (χ1) is 13.7. The van der Waals surface area contributed by atoms with Crippen LogP contribution in [0.1, 0.15) is 69.1 Å². The standard InChI is InChI=1S/C21H31N5O3/c1-6-21(19(28)26(12-13(2)3)20(29)22-21)15-7-9-25(10-8-15)18(27)17-11-16(14(4)5)23-24-17/h11,14-15H,2,6-10,12H2,1,3-5H3,(H,22,29)(H,23,24). The largest absolute Gasteiger partial charge is 0.337 e. The third-order valence-corrected chi connectivity index (χ3v) is 6.11. The summed E-state index contributed by atoms with van der Waals surface area (Å²) in [5.74, 6) is 0.00126. The van der Waals surface area contributed by atoms with Crippen molar-refractivity contribution in [3.05, 3.63) is 29.6 Å². The maximum Gasteiger partial charge on any atom is 0.325 e. The molecule has 0 spiro atoms. The van der Waals surface area contributed by atoms with E-state index < -0.39 is 5.54 Å². The molecule has 3 rings (SSSR count). The number of H-pyrrole nitrogens is 1. The Morgan fingerprint density at radius 2 is 2.00 bits per heavy atom. The highest BCUT2D eigenvalue weighted by atomic mass is 16.2. The number of hydrogen-bond acceptors (Lipinski definition) is 4. The van der Waals surface area contributed by atoms with Crippen molar-refractivity contribution in [2.75, 3.05) is 19.6 Å². The number of piperidine rings is 1. The molecular formula is C21H31N5O3. The summed E-state index contributed by atoms with van der Waals surface area (Å²) in [6.07, 6.45) is 1.85. The highest BCUT2D eigenvalue weighted by Crippen LogP contribution is 2.36. The molecule has 0 radical (unpaired) electrons. The van der Waals surface area contributed by atoms with Gasteiger partial charge in [0.15, 0.2) is 0 Å². The number of carbonyl (C=O) groups is 3. The lowest BCUT2D eigenvalue weighted by atomic mass is 9.75. The van der Waals surface area contributed by atoms with Gasteiger partial charge in [-0.2, -0.15) is 5.10 Å². The van der Waals surface area contributed by atoms with Crippen LogP contribution in [0.15, 0.2) is 18.2 Å². The van der Waals surface area contributed by atoms with Crippen molar-refractivity contribution in [1.82, 2.24) is 25.3 Å².